The lowest BCUT2D eigenvalue weighted by Gasteiger charge is -2.26. The van der Waals surface area contributed by atoms with E-state index in [2.05, 4.69) is 163 Å². The van der Waals surface area contributed by atoms with E-state index in [9.17, 15) is 0 Å². The molecule has 0 saturated carbocycles. The van der Waals surface area contributed by atoms with Gasteiger partial charge in [-0.25, -0.2) is 0 Å². The topological polar surface area (TPSA) is 16.4 Å². The molecule has 10 rings (SSSR count). The Morgan fingerprint density at radius 1 is 0.447 bits per heavy atom. The van der Waals surface area contributed by atoms with E-state index in [-0.39, 0.29) is 0 Å². The second kappa shape index (κ2) is 10.3. The summed E-state index contributed by atoms with van der Waals surface area (Å²) in [4.78, 5) is 2.34. The first kappa shape index (κ1) is 26.3. The summed E-state index contributed by atoms with van der Waals surface area (Å²) in [6.07, 6.45) is 0. The molecule has 0 amide bonds. The van der Waals surface area contributed by atoms with Gasteiger partial charge in [0.05, 0.1) is 5.69 Å². The molecule has 8 aromatic carbocycles. The fraction of sp³-hybridized carbons (Fsp3) is 0. The van der Waals surface area contributed by atoms with E-state index in [1.807, 2.05) is 17.4 Å². The molecule has 0 atom stereocenters. The van der Waals surface area contributed by atoms with E-state index in [4.69, 9.17) is 4.42 Å². The number of fused-ring (bicyclic) bond motifs is 9. The molecule has 2 aromatic heterocycles. The van der Waals surface area contributed by atoms with Crippen LogP contribution in [-0.4, -0.2) is 0 Å². The molecule has 0 spiro atoms. The third-order valence-corrected chi connectivity index (χ3v) is 10.7. The highest BCUT2D eigenvalue weighted by Crippen LogP contribution is 2.45. The molecular formula is C44H27NOS. The fourth-order valence-electron chi connectivity index (χ4n) is 7.23. The lowest BCUT2D eigenvalue weighted by molar-refractivity contribution is 0.669. The molecule has 10 aromatic rings. The molecule has 0 aliphatic carbocycles. The molecule has 0 N–H and O–H groups in total. The molecule has 47 heavy (non-hydrogen) atoms. The average Bonchev–Trinajstić information content (AvgIpc) is 3.71. The Balaban J connectivity index is 1.19. The maximum Gasteiger partial charge on any atom is 0.159 e. The van der Waals surface area contributed by atoms with E-state index in [0.29, 0.717) is 0 Å². The summed E-state index contributed by atoms with van der Waals surface area (Å²) in [6.45, 7) is 0. The first-order chi connectivity index (χ1) is 23.3. The summed E-state index contributed by atoms with van der Waals surface area (Å²) in [6, 6.07) is 59.0. The van der Waals surface area contributed by atoms with Gasteiger partial charge in [-0.15, -0.1) is 11.3 Å². The van der Waals surface area contributed by atoms with Crippen LogP contribution in [0.5, 0.6) is 0 Å². The van der Waals surface area contributed by atoms with Gasteiger partial charge in [-0.2, -0.15) is 0 Å². The van der Waals surface area contributed by atoms with Gasteiger partial charge < -0.3 is 9.32 Å². The Morgan fingerprint density at radius 3 is 2.00 bits per heavy atom. The average molecular weight is 618 g/mol. The first-order valence-electron chi connectivity index (χ1n) is 15.9. The van der Waals surface area contributed by atoms with Crippen LogP contribution in [-0.2, 0) is 0 Å². The number of rotatable bonds is 4. The van der Waals surface area contributed by atoms with Crippen molar-refractivity contribution in [1.82, 2.24) is 0 Å². The van der Waals surface area contributed by atoms with Crippen LogP contribution in [0, 0.1) is 0 Å². The lowest BCUT2D eigenvalue weighted by Crippen LogP contribution is -2.10. The van der Waals surface area contributed by atoms with Crippen molar-refractivity contribution in [2.75, 3.05) is 4.90 Å². The van der Waals surface area contributed by atoms with Crippen LogP contribution >= 0.6 is 11.3 Å². The zero-order valence-corrected chi connectivity index (χ0v) is 26.2. The largest absolute Gasteiger partial charge is 0.454 e. The molecule has 220 valence electrons. The monoisotopic (exact) mass is 617 g/mol. The van der Waals surface area contributed by atoms with Gasteiger partial charge >= 0.3 is 0 Å². The first-order valence-corrected chi connectivity index (χ1v) is 16.7. The number of nitrogens with zero attached hydrogens (tertiary/aromatic N) is 1. The molecule has 0 bridgehead atoms. The second-order valence-electron chi connectivity index (χ2n) is 12.1. The zero-order valence-electron chi connectivity index (χ0n) is 25.4. The van der Waals surface area contributed by atoms with Crippen LogP contribution in [0.3, 0.4) is 0 Å². The number of hydrogen-bond acceptors (Lipinski definition) is 3. The summed E-state index contributed by atoms with van der Waals surface area (Å²) < 4.78 is 9.24. The second-order valence-corrected chi connectivity index (χ2v) is 13.2. The summed E-state index contributed by atoms with van der Waals surface area (Å²) >= 11 is 1.87. The summed E-state index contributed by atoms with van der Waals surface area (Å²) in [5, 5.41) is 9.82. The van der Waals surface area contributed by atoms with E-state index >= 15 is 0 Å². The van der Waals surface area contributed by atoms with E-state index < -0.39 is 0 Å². The Hall–Kier alpha value is -5.90. The van der Waals surface area contributed by atoms with Crippen LogP contribution < -0.4 is 4.90 Å². The van der Waals surface area contributed by atoms with Crippen molar-refractivity contribution in [2.24, 2.45) is 0 Å². The van der Waals surface area contributed by atoms with E-state index in [1.54, 1.807) is 0 Å². The highest BCUT2D eigenvalue weighted by atomic mass is 32.1. The predicted molar refractivity (Wildman–Crippen MR) is 202 cm³/mol. The Morgan fingerprint density at radius 2 is 1.11 bits per heavy atom. The van der Waals surface area contributed by atoms with Gasteiger partial charge in [0.1, 0.15) is 5.58 Å². The minimum atomic E-state index is 0.880. The van der Waals surface area contributed by atoms with Gasteiger partial charge in [0.25, 0.3) is 0 Å². The maximum absolute atomic E-state index is 6.60. The number of thiophene rings is 1. The fourth-order valence-corrected chi connectivity index (χ4v) is 8.47. The SMILES string of the molecule is c1ccc2c(c1)ccc1ccc(N(c3ccc(-c4cccc5c4sc4ccccc45)cc3)c3cccc4c3oc3ccccc34)cc12. The Labute approximate surface area is 275 Å². The lowest BCUT2D eigenvalue weighted by atomic mass is 10.00. The minimum absolute atomic E-state index is 0.880. The predicted octanol–water partition coefficient (Wildman–Crippen LogP) is 13.4. The van der Waals surface area contributed by atoms with Crippen molar-refractivity contribution in [3.8, 4) is 11.1 Å². The van der Waals surface area contributed by atoms with Crippen molar-refractivity contribution < 1.29 is 4.42 Å². The molecule has 0 fully saturated rings. The van der Waals surface area contributed by atoms with Crippen molar-refractivity contribution in [2.45, 2.75) is 0 Å². The number of para-hydroxylation sites is 2. The van der Waals surface area contributed by atoms with Crippen molar-refractivity contribution in [1.29, 1.82) is 0 Å². The Kier molecular flexibility index (Phi) is 5.78. The number of anilines is 3. The quantitative estimate of drug-likeness (QED) is 0.183. The normalized spacial score (nSPS) is 11.8. The van der Waals surface area contributed by atoms with Crippen LogP contribution in [0.2, 0.25) is 0 Å². The van der Waals surface area contributed by atoms with Crippen LogP contribution in [0.4, 0.5) is 17.1 Å². The van der Waals surface area contributed by atoms with Crippen molar-refractivity contribution in [3.63, 3.8) is 0 Å². The molecule has 0 aliphatic rings. The van der Waals surface area contributed by atoms with Crippen molar-refractivity contribution >= 4 is 92.1 Å². The number of furan rings is 1. The smallest absolute Gasteiger partial charge is 0.159 e. The van der Waals surface area contributed by atoms with Crippen LogP contribution in [0.15, 0.2) is 168 Å². The zero-order chi connectivity index (χ0) is 30.9. The van der Waals surface area contributed by atoms with Gasteiger partial charge in [-0.3, -0.25) is 0 Å². The highest BCUT2D eigenvalue weighted by molar-refractivity contribution is 7.26. The van der Waals surface area contributed by atoms with Gasteiger partial charge in [0.15, 0.2) is 5.58 Å². The molecule has 0 saturated heterocycles. The maximum atomic E-state index is 6.60. The molecule has 3 heteroatoms. The minimum Gasteiger partial charge on any atom is -0.454 e. The molecule has 0 aliphatic heterocycles. The van der Waals surface area contributed by atoms with Gasteiger partial charge in [0, 0.05) is 42.3 Å². The molecule has 0 radical (unpaired) electrons. The third-order valence-electron chi connectivity index (χ3n) is 9.45. The molecule has 2 heterocycles. The van der Waals surface area contributed by atoms with E-state index in [0.717, 1.165) is 39.0 Å². The highest BCUT2D eigenvalue weighted by Gasteiger charge is 2.20. The van der Waals surface area contributed by atoms with Crippen LogP contribution in [0.1, 0.15) is 0 Å². The molecular weight excluding hydrogens is 591 g/mol. The number of hydrogen-bond donors (Lipinski definition) is 0. The van der Waals surface area contributed by atoms with Crippen molar-refractivity contribution in [3.05, 3.63) is 164 Å². The standard InChI is InChI=1S/C44H27NOS/c1-2-10-33-28(9-1)19-20-30-23-26-32(27-39(30)33)45(40-16-8-14-37-35-11-3-5-17-41(35)46-43(37)40)31-24-21-29(22-25-31)34-13-7-15-38-36-12-4-6-18-42(36)47-44(34)38/h1-27H. The van der Waals surface area contributed by atoms with Gasteiger partial charge in [0.2, 0.25) is 0 Å². The summed E-state index contributed by atoms with van der Waals surface area (Å²) in [7, 11) is 0. The summed E-state index contributed by atoms with van der Waals surface area (Å²) in [5.74, 6) is 0. The van der Waals surface area contributed by atoms with Gasteiger partial charge in [-0.1, -0.05) is 121 Å². The van der Waals surface area contributed by atoms with Gasteiger partial charge in [-0.05, 0) is 75.1 Å². The number of benzene rings is 8. The third kappa shape index (κ3) is 4.10. The summed E-state index contributed by atoms with van der Waals surface area (Å²) in [5.41, 5.74) is 7.41. The molecule has 2 nitrogen and oxygen atoms in total. The van der Waals surface area contributed by atoms with E-state index in [1.165, 1.54) is 52.8 Å². The Bertz CT molecular complexity index is 2810. The molecule has 0 unspecified atom stereocenters. The van der Waals surface area contributed by atoms with Crippen LogP contribution in [0.25, 0.3) is 74.8 Å².